The van der Waals surface area contributed by atoms with Gasteiger partial charge in [0.2, 0.25) is 0 Å². The molecule has 0 unspecified atom stereocenters. The minimum absolute atomic E-state index is 0.0146. The summed E-state index contributed by atoms with van der Waals surface area (Å²) in [5.41, 5.74) is 0.387. The molecule has 0 spiro atoms. The van der Waals surface area contributed by atoms with Crippen molar-refractivity contribution >= 4 is 11.9 Å². The number of benzene rings is 1. The first-order valence-electron chi connectivity index (χ1n) is 6.24. The fourth-order valence-electron chi connectivity index (χ4n) is 1.56. The Bertz CT molecular complexity index is 457. The third-order valence-corrected chi connectivity index (χ3v) is 2.48. The van der Waals surface area contributed by atoms with Crippen LogP contribution < -0.4 is 10.1 Å². The number of rotatable bonds is 6. The van der Waals surface area contributed by atoms with E-state index in [1.165, 1.54) is 0 Å². The highest BCUT2D eigenvalue weighted by Crippen LogP contribution is 2.15. The molecule has 104 valence electrons. The molecule has 1 aromatic rings. The summed E-state index contributed by atoms with van der Waals surface area (Å²) in [6.45, 7) is 5.49. The predicted molar refractivity (Wildman–Crippen MR) is 71.4 cm³/mol. The van der Waals surface area contributed by atoms with Gasteiger partial charge in [-0.1, -0.05) is 13.0 Å². The van der Waals surface area contributed by atoms with Crippen LogP contribution in [0.3, 0.4) is 0 Å². The van der Waals surface area contributed by atoms with E-state index in [2.05, 4.69) is 5.32 Å². The first-order valence-corrected chi connectivity index (χ1v) is 6.24. The summed E-state index contributed by atoms with van der Waals surface area (Å²) < 4.78 is 5.49. The molecule has 1 amide bonds. The Hall–Kier alpha value is -2.04. The van der Waals surface area contributed by atoms with E-state index in [0.29, 0.717) is 17.7 Å². The maximum atomic E-state index is 11.9. The van der Waals surface area contributed by atoms with E-state index in [-0.39, 0.29) is 6.10 Å². The first kappa shape index (κ1) is 15.0. The van der Waals surface area contributed by atoms with Crippen molar-refractivity contribution < 1.29 is 19.4 Å². The normalized spacial score (nSPS) is 12.0. The lowest BCUT2D eigenvalue weighted by atomic mass is 10.1. The lowest BCUT2D eigenvalue weighted by Gasteiger charge is -2.14. The van der Waals surface area contributed by atoms with Gasteiger partial charge in [-0.05, 0) is 38.5 Å². The molecular weight excluding hydrogens is 246 g/mol. The third kappa shape index (κ3) is 4.62. The molecule has 0 fully saturated rings. The Labute approximate surface area is 112 Å². The molecule has 0 radical (unpaired) electrons. The van der Waals surface area contributed by atoms with Crippen LogP contribution in [0.2, 0.25) is 0 Å². The third-order valence-electron chi connectivity index (χ3n) is 2.48. The SMILES string of the molecule is CC[C@@H](NC(=O)c1cccc(OC(C)C)c1)C(=O)O. The van der Waals surface area contributed by atoms with E-state index in [4.69, 9.17) is 9.84 Å². The van der Waals surface area contributed by atoms with Gasteiger partial charge in [0.1, 0.15) is 11.8 Å². The van der Waals surface area contributed by atoms with Crippen molar-refractivity contribution in [2.45, 2.75) is 39.3 Å². The summed E-state index contributed by atoms with van der Waals surface area (Å²) in [7, 11) is 0. The van der Waals surface area contributed by atoms with E-state index >= 15 is 0 Å². The number of carbonyl (C=O) groups is 2. The lowest BCUT2D eigenvalue weighted by Crippen LogP contribution is -2.40. The van der Waals surface area contributed by atoms with E-state index in [1.807, 2.05) is 13.8 Å². The molecule has 0 heterocycles. The fourth-order valence-corrected chi connectivity index (χ4v) is 1.56. The van der Waals surface area contributed by atoms with Crippen molar-refractivity contribution in [3.05, 3.63) is 29.8 Å². The highest BCUT2D eigenvalue weighted by Gasteiger charge is 2.18. The molecule has 2 N–H and O–H groups in total. The maximum Gasteiger partial charge on any atom is 0.326 e. The van der Waals surface area contributed by atoms with Gasteiger partial charge in [-0.15, -0.1) is 0 Å². The number of nitrogens with one attached hydrogen (secondary N) is 1. The zero-order valence-corrected chi connectivity index (χ0v) is 11.3. The maximum absolute atomic E-state index is 11.9. The molecule has 0 saturated carbocycles. The summed E-state index contributed by atoms with van der Waals surface area (Å²) in [5.74, 6) is -0.861. The predicted octanol–water partition coefficient (Wildman–Crippen LogP) is 2.07. The van der Waals surface area contributed by atoms with Crippen LogP contribution in [0.5, 0.6) is 5.75 Å². The number of amides is 1. The van der Waals surface area contributed by atoms with Gasteiger partial charge < -0.3 is 15.2 Å². The molecule has 0 aromatic heterocycles. The van der Waals surface area contributed by atoms with Gasteiger partial charge in [-0.2, -0.15) is 0 Å². The Kier molecular flexibility index (Phi) is 5.36. The Morgan fingerprint density at radius 1 is 1.37 bits per heavy atom. The zero-order valence-electron chi connectivity index (χ0n) is 11.3. The highest BCUT2D eigenvalue weighted by atomic mass is 16.5. The standard InChI is InChI=1S/C14H19NO4/c1-4-12(14(17)18)15-13(16)10-6-5-7-11(8-10)19-9(2)3/h5-9,12H,4H2,1-3H3,(H,15,16)(H,17,18)/t12-/m1/s1. The number of carbonyl (C=O) groups excluding carboxylic acids is 1. The van der Waals surface area contributed by atoms with Crippen molar-refractivity contribution in [1.29, 1.82) is 0 Å². The van der Waals surface area contributed by atoms with Gasteiger partial charge in [-0.3, -0.25) is 4.79 Å². The van der Waals surface area contributed by atoms with Crippen LogP contribution in [0.15, 0.2) is 24.3 Å². The number of hydrogen-bond donors (Lipinski definition) is 2. The minimum atomic E-state index is -1.04. The van der Waals surface area contributed by atoms with Crippen molar-refractivity contribution in [2.75, 3.05) is 0 Å². The second kappa shape index (κ2) is 6.78. The second-order valence-electron chi connectivity index (χ2n) is 4.47. The zero-order chi connectivity index (χ0) is 14.4. The average Bonchev–Trinajstić information content (AvgIpc) is 2.34. The molecule has 0 bridgehead atoms. The molecule has 1 rings (SSSR count). The van der Waals surface area contributed by atoms with Crippen molar-refractivity contribution in [1.82, 2.24) is 5.32 Å². The van der Waals surface area contributed by atoms with Crippen LogP contribution in [0.1, 0.15) is 37.6 Å². The molecule has 0 saturated heterocycles. The van der Waals surface area contributed by atoms with Crippen molar-refractivity contribution in [3.8, 4) is 5.75 Å². The number of carboxylic acid groups (broad SMARTS) is 1. The van der Waals surface area contributed by atoms with Gasteiger partial charge in [-0.25, -0.2) is 4.79 Å². The van der Waals surface area contributed by atoms with Crippen LogP contribution in [0.4, 0.5) is 0 Å². The highest BCUT2D eigenvalue weighted by molar-refractivity contribution is 5.96. The van der Waals surface area contributed by atoms with E-state index in [1.54, 1.807) is 31.2 Å². The smallest absolute Gasteiger partial charge is 0.326 e. The summed E-state index contributed by atoms with van der Waals surface area (Å²) >= 11 is 0. The molecule has 0 aliphatic heterocycles. The first-order chi connectivity index (χ1) is 8.93. The van der Waals surface area contributed by atoms with Crippen molar-refractivity contribution in [2.24, 2.45) is 0 Å². The fraction of sp³-hybridized carbons (Fsp3) is 0.429. The van der Waals surface area contributed by atoms with Gasteiger partial charge in [0.05, 0.1) is 6.10 Å². The van der Waals surface area contributed by atoms with Crippen LogP contribution in [-0.2, 0) is 4.79 Å². The summed E-state index contributed by atoms with van der Waals surface area (Å²) in [5, 5.41) is 11.4. The Morgan fingerprint density at radius 3 is 2.58 bits per heavy atom. The lowest BCUT2D eigenvalue weighted by molar-refractivity contribution is -0.139. The van der Waals surface area contributed by atoms with Crippen LogP contribution in [0.25, 0.3) is 0 Å². The number of aliphatic carboxylic acids is 1. The Balaban J connectivity index is 2.79. The summed E-state index contributed by atoms with van der Waals surface area (Å²) in [4.78, 5) is 22.8. The monoisotopic (exact) mass is 265 g/mol. The number of hydrogen-bond acceptors (Lipinski definition) is 3. The van der Waals surface area contributed by atoms with Gasteiger partial charge >= 0.3 is 5.97 Å². The van der Waals surface area contributed by atoms with Gasteiger partial charge in [0.25, 0.3) is 5.91 Å². The molecule has 5 nitrogen and oxygen atoms in total. The molecular formula is C14H19NO4. The molecule has 1 atom stereocenters. The topological polar surface area (TPSA) is 75.6 Å². The summed E-state index contributed by atoms with van der Waals surface area (Å²) in [6.07, 6.45) is 0.351. The molecule has 5 heteroatoms. The minimum Gasteiger partial charge on any atom is -0.491 e. The molecule has 0 aliphatic rings. The van der Waals surface area contributed by atoms with Crippen LogP contribution >= 0.6 is 0 Å². The van der Waals surface area contributed by atoms with Gasteiger partial charge in [0.15, 0.2) is 0 Å². The van der Waals surface area contributed by atoms with Gasteiger partial charge in [0, 0.05) is 5.56 Å². The molecule has 19 heavy (non-hydrogen) atoms. The number of ether oxygens (including phenoxy) is 1. The van der Waals surface area contributed by atoms with Crippen molar-refractivity contribution in [3.63, 3.8) is 0 Å². The largest absolute Gasteiger partial charge is 0.491 e. The Morgan fingerprint density at radius 2 is 2.05 bits per heavy atom. The van der Waals surface area contributed by atoms with E-state index in [9.17, 15) is 9.59 Å². The summed E-state index contributed by atoms with van der Waals surface area (Å²) in [6, 6.07) is 5.81. The van der Waals surface area contributed by atoms with Crippen LogP contribution in [0, 0.1) is 0 Å². The molecule has 0 aliphatic carbocycles. The average molecular weight is 265 g/mol. The van der Waals surface area contributed by atoms with E-state index < -0.39 is 17.9 Å². The molecule has 1 aromatic carbocycles. The quantitative estimate of drug-likeness (QED) is 0.825. The second-order valence-corrected chi connectivity index (χ2v) is 4.47. The van der Waals surface area contributed by atoms with E-state index in [0.717, 1.165) is 0 Å². The van der Waals surface area contributed by atoms with Crippen LogP contribution in [-0.4, -0.2) is 29.1 Å². The number of carboxylic acids is 1.